The summed E-state index contributed by atoms with van der Waals surface area (Å²) in [5.41, 5.74) is 2.55. The summed E-state index contributed by atoms with van der Waals surface area (Å²) in [6.45, 7) is 4.67. The standard InChI is InChI=1S/C30H31BrN2O4S/c1-4-5-16-37-23-13-11-22(12-14-23)20(2)32-29(34)19-33-25-8-6-7-9-27(25)38-28(30(33)35)18-21-10-15-26(36-3)24(31)17-21/h6-15,17-18,20H,4-5,16,19H2,1-3H3,(H,32,34)/b28-18-/t20-/m0/s1. The summed E-state index contributed by atoms with van der Waals surface area (Å²) >= 11 is 4.91. The van der Waals surface area contributed by atoms with E-state index in [1.54, 1.807) is 12.0 Å². The molecule has 0 aliphatic carbocycles. The molecule has 0 fully saturated rings. The van der Waals surface area contributed by atoms with Crippen molar-refractivity contribution in [1.29, 1.82) is 0 Å². The van der Waals surface area contributed by atoms with Crippen LogP contribution in [-0.4, -0.2) is 32.1 Å². The van der Waals surface area contributed by atoms with Gasteiger partial charge in [0.15, 0.2) is 0 Å². The Balaban J connectivity index is 1.48. The number of benzene rings is 3. The predicted molar refractivity (Wildman–Crippen MR) is 157 cm³/mol. The molecule has 3 aromatic carbocycles. The van der Waals surface area contributed by atoms with Gasteiger partial charge in [-0.3, -0.25) is 14.5 Å². The molecule has 0 saturated heterocycles. The van der Waals surface area contributed by atoms with Crippen LogP contribution in [0.5, 0.6) is 11.5 Å². The molecule has 1 aliphatic heterocycles. The van der Waals surface area contributed by atoms with Crippen LogP contribution < -0.4 is 19.7 Å². The Morgan fingerprint density at radius 2 is 1.89 bits per heavy atom. The number of amides is 2. The number of anilines is 1. The van der Waals surface area contributed by atoms with Crippen LogP contribution in [0.2, 0.25) is 0 Å². The zero-order valence-corrected chi connectivity index (χ0v) is 24.1. The van der Waals surface area contributed by atoms with Crippen molar-refractivity contribution in [3.8, 4) is 11.5 Å². The fraction of sp³-hybridized carbons (Fsp3) is 0.267. The van der Waals surface area contributed by atoms with E-state index in [1.807, 2.05) is 79.7 Å². The molecule has 8 heteroatoms. The van der Waals surface area contributed by atoms with Crippen molar-refractivity contribution in [2.75, 3.05) is 25.2 Å². The molecule has 0 saturated carbocycles. The molecule has 4 rings (SSSR count). The maximum atomic E-state index is 13.5. The number of fused-ring (bicyclic) bond motifs is 1. The van der Waals surface area contributed by atoms with Gasteiger partial charge in [0, 0.05) is 4.90 Å². The quantitative estimate of drug-likeness (QED) is 0.202. The molecule has 0 radical (unpaired) electrons. The molecule has 1 aliphatic rings. The largest absolute Gasteiger partial charge is 0.496 e. The topological polar surface area (TPSA) is 67.9 Å². The van der Waals surface area contributed by atoms with Gasteiger partial charge in [0.25, 0.3) is 5.91 Å². The minimum Gasteiger partial charge on any atom is -0.496 e. The number of methoxy groups -OCH3 is 1. The van der Waals surface area contributed by atoms with E-state index in [0.29, 0.717) is 17.3 Å². The predicted octanol–water partition coefficient (Wildman–Crippen LogP) is 6.99. The van der Waals surface area contributed by atoms with Crippen molar-refractivity contribution < 1.29 is 19.1 Å². The Kier molecular flexibility index (Phi) is 9.53. The molecule has 1 atom stereocenters. The van der Waals surface area contributed by atoms with Crippen molar-refractivity contribution in [2.45, 2.75) is 37.6 Å². The summed E-state index contributed by atoms with van der Waals surface area (Å²) in [4.78, 5) is 29.6. The molecular weight excluding hydrogens is 564 g/mol. The van der Waals surface area contributed by atoms with Gasteiger partial charge in [-0.1, -0.05) is 55.4 Å². The highest BCUT2D eigenvalue weighted by atomic mass is 79.9. The zero-order valence-electron chi connectivity index (χ0n) is 21.7. The van der Waals surface area contributed by atoms with Crippen LogP contribution in [0.4, 0.5) is 5.69 Å². The lowest BCUT2D eigenvalue weighted by molar-refractivity contribution is -0.122. The molecule has 6 nitrogen and oxygen atoms in total. The van der Waals surface area contributed by atoms with Gasteiger partial charge in [-0.05, 0) is 82.9 Å². The van der Waals surface area contributed by atoms with Crippen LogP contribution >= 0.6 is 27.7 Å². The van der Waals surface area contributed by atoms with Gasteiger partial charge in [-0.2, -0.15) is 0 Å². The van der Waals surface area contributed by atoms with Crippen LogP contribution in [0, 0.1) is 0 Å². The van der Waals surface area contributed by atoms with E-state index in [-0.39, 0.29) is 24.4 Å². The van der Waals surface area contributed by atoms with E-state index in [0.717, 1.165) is 44.8 Å². The number of para-hydroxylation sites is 1. The van der Waals surface area contributed by atoms with Gasteiger partial charge in [-0.15, -0.1) is 0 Å². The Labute approximate surface area is 236 Å². The molecule has 38 heavy (non-hydrogen) atoms. The maximum absolute atomic E-state index is 13.5. The van der Waals surface area contributed by atoms with E-state index in [9.17, 15) is 9.59 Å². The molecular formula is C30H31BrN2O4S. The van der Waals surface area contributed by atoms with E-state index >= 15 is 0 Å². The highest BCUT2D eigenvalue weighted by molar-refractivity contribution is 9.10. The third-order valence-corrected chi connectivity index (χ3v) is 7.83. The second-order valence-corrected chi connectivity index (χ2v) is 10.9. The average molecular weight is 596 g/mol. The molecule has 0 bridgehead atoms. The number of hydrogen-bond donors (Lipinski definition) is 1. The normalized spacial score (nSPS) is 14.7. The molecule has 0 unspecified atom stereocenters. The first kappa shape index (κ1) is 27.8. The lowest BCUT2D eigenvalue weighted by atomic mass is 10.1. The van der Waals surface area contributed by atoms with Crippen LogP contribution in [0.1, 0.15) is 43.9 Å². The van der Waals surface area contributed by atoms with Crippen molar-refractivity contribution >= 4 is 51.3 Å². The highest BCUT2D eigenvalue weighted by Gasteiger charge is 2.30. The Morgan fingerprint density at radius 1 is 1.13 bits per heavy atom. The molecule has 1 heterocycles. The van der Waals surface area contributed by atoms with Crippen LogP contribution in [0.15, 0.2) is 81.0 Å². The Morgan fingerprint density at radius 3 is 2.61 bits per heavy atom. The number of nitrogens with one attached hydrogen (secondary N) is 1. The van der Waals surface area contributed by atoms with Crippen LogP contribution in [-0.2, 0) is 9.59 Å². The van der Waals surface area contributed by atoms with Crippen molar-refractivity contribution in [3.63, 3.8) is 0 Å². The number of thioether (sulfide) groups is 1. The average Bonchev–Trinajstić information content (AvgIpc) is 2.91. The Bertz CT molecular complexity index is 1330. The molecule has 3 aromatic rings. The second-order valence-electron chi connectivity index (χ2n) is 8.92. The first-order valence-electron chi connectivity index (χ1n) is 12.6. The zero-order chi connectivity index (χ0) is 27.1. The van der Waals surface area contributed by atoms with Gasteiger partial charge in [0.05, 0.1) is 34.8 Å². The van der Waals surface area contributed by atoms with Crippen LogP contribution in [0.3, 0.4) is 0 Å². The number of halogens is 1. The minimum absolute atomic E-state index is 0.0807. The third-order valence-electron chi connectivity index (χ3n) is 6.13. The first-order valence-corrected chi connectivity index (χ1v) is 14.2. The highest BCUT2D eigenvalue weighted by Crippen LogP contribution is 2.42. The lowest BCUT2D eigenvalue weighted by Crippen LogP contribution is -2.43. The number of hydrogen-bond acceptors (Lipinski definition) is 5. The number of ether oxygens (including phenoxy) is 2. The SMILES string of the molecule is CCCCOc1ccc([C@H](C)NC(=O)CN2C(=O)/C(=C/c3ccc(OC)c(Br)c3)Sc3ccccc32)cc1. The van der Waals surface area contributed by atoms with E-state index in [2.05, 4.69) is 28.2 Å². The Hall–Kier alpha value is -3.23. The van der Waals surface area contributed by atoms with Gasteiger partial charge in [0.1, 0.15) is 18.0 Å². The summed E-state index contributed by atoms with van der Waals surface area (Å²) in [5, 5.41) is 3.03. The monoisotopic (exact) mass is 594 g/mol. The smallest absolute Gasteiger partial charge is 0.265 e. The minimum atomic E-state index is -0.234. The van der Waals surface area contributed by atoms with Crippen LogP contribution in [0.25, 0.3) is 6.08 Å². The fourth-order valence-corrected chi connectivity index (χ4v) is 5.66. The number of nitrogens with zero attached hydrogens (tertiary/aromatic N) is 1. The van der Waals surface area contributed by atoms with E-state index in [1.165, 1.54) is 11.8 Å². The number of carbonyl (C=O) groups is 2. The summed E-state index contributed by atoms with van der Waals surface area (Å²) in [6.07, 6.45) is 3.94. The summed E-state index contributed by atoms with van der Waals surface area (Å²) in [6, 6.07) is 20.8. The lowest BCUT2D eigenvalue weighted by Gasteiger charge is -2.30. The summed E-state index contributed by atoms with van der Waals surface area (Å²) in [5.74, 6) is 1.09. The number of rotatable bonds is 10. The van der Waals surface area contributed by atoms with Gasteiger partial charge in [-0.25, -0.2) is 0 Å². The molecule has 0 spiro atoms. The fourth-order valence-electron chi connectivity index (χ4n) is 4.04. The molecule has 2 amide bonds. The van der Waals surface area contributed by atoms with Gasteiger partial charge in [0.2, 0.25) is 5.91 Å². The molecule has 0 aromatic heterocycles. The van der Waals surface area contributed by atoms with Crippen molar-refractivity contribution in [3.05, 3.63) is 87.2 Å². The van der Waals surface area contributed by atoms with Crippen molar-refractivity contribution in [1.82, 2.24) is 5.32 Å². The number of unbranched alkanes of at least 4 members (excludes halogenated alkanes) is 1. The third kappa shape index (κ3) is 6.79. The maximum Gasteiger partial charge on any atom is 0.265 e. The van der Waals surface area contributed by atoms with Gasteiger partial charge < -0.3 is 14.8 Å². The van der Waals surface area contributed by atoms with Gasteiger partial charge >= 0.3 is 0 Å². The summed E-state index contributed by atoms with van der Waals surface area (Å²) < 4.78 is 11.8. The second kappa shape index (κ2) is 13.0. The van der Waals surface area contributed by atoms with E-state index in [4.69, 9.17) is 9.47 Å². The summed E-state index contributed by atoms with van der Waals surface area (Å²) in [7, 11) is 1.61. The van der Waals surface area contributed by atoms with E-state index < -0.39 is 0 Å². The van der Waals surface area contributed by atoms with Crippen molar-refractivity contribution in [2.24, 2.45) is 0 Å². The molecule has 198 valence electrons. The first-order chi connectivity index (χ1) is 18.4. The number of carbonyl (C=O) groups excluding carboxylic acids is 2. The molecule has 1 N–H and O–H groups in total.